The van der Waals surface area contributed by atoms with Crippen LogP contribution >= 0.6 is 0 Å². The van der Waals surface area contributed by atoms with Gasteiger partial charge in [0.1, 0.15) is 6.10 Å². The third kappa shape index (κ3) is 2.20. The first-order valence-corrected chi connectivity index (χ1v) is 3.85. The minimum absolute atomic E-state index is 0.151. The van der Waals surface area contributed by atoms with E-state index in [1.54, 1.807) is 25.1 Å². The van der Waals surface area contributed by atoms with Gasteiger partial charge in [0.25, 0.3) is 0 Å². The summed E-state index contributed by atoms with van der Waals surface area (Å²) in [5.74, 6) is -0.0896. The summed E-state index contributed by atoms with van der Waals surface area (Å²) in [6.45, 7) is 2.18. The van der Waals surface area contributed by atoms with E-state index in [1.807, 2.05) is 0 Å². The Hall–Kier alpha value is -1.09. The number of hydrogen-bond acceptors (Lipinski definition) is 2. The van der Waals surface area contributed by atoms with Gasteiger partial charge in [-0.25, -0.2) is 4.39 Å². The second kappa shape index (κ2) is 4.07. The lowest BCUT2D eigenvalue weighted by Gasteiger charge is -2.12. The predicted molar refractivity (Wildman–Crippen MR) is 45.5 cm³/mol. The SMILES string of the molecule is C[C@@H](CN)Oc1ccccc1F. The van der Waals surface area contributed by atoms with Gasteiger partial charge in [-0.15, -0.1) is 0 Å². The summed E-state index contributed by atoms with van der Waals surface area (Å²) in [6, 6.07) is 6.29. The molecule has 0 saturated heterocycles. The highest BCUT2D eigenvalue weighted by Crippen LogP contribution is 2.16. The van der Waals surface area contributed by atoms with E-state index in [1.165, 1.54) is 6.07 Å². The molecule has 0 aliphatic rings. The highest BCUT2D eigenvalue weighted by atomic mass is 19.1. The molecule has 0 amide bonds. The molecule has 1 aromatic rings. The van der Waals surface area contributed by atoms with Crippen LogP contribution in [0.15, 0.2) is 24.3 Å². The van der Waals surface area contributed by atoms with Crippen molar-refractivity contribution in [1.82, 2.24) is 0 Å². The van der Waals surface area contributed by atoms with Gasteiger partial charge in [0.05, 0.1) is 0 Å². The first-order chi connectivity index (χ1) is 5.74. The van der Waals surface area contributed by atoms with Gasteiger partial charge < -0.3 is 10.5 Å². The fourth-order valence-electron chi connectivity index (χ4n) is 0.805. The van der Waals surface area contributed by atoms with Crippen molar-refractivity contribution in [1.29, 1.82) is 0 Å². The lowest BCUT2D eigenvalue weighted by Crippen LogP contribution is -2.23. The number of halogens is 1. The van der Waals surface area contributed by atoms with Gasteiger partial charge in [0, 0.05) is 6.54 Å². The molecule has 2 N–H and O–H groups in total. The van der Waals surface area contributed by atoms with E-state index in [0.29, 0.717) is 6.54 Å². The quantitative estimate of drug-likeness (QED) is 0.745. The molecule has 0 unspecified atom stereocenters. The van der Waals surface area contributed by atoms with Crippen molar-refractivity contribution in [2.24, 2.45) is 5.73 Å². The summed E-state index contributed by atoms with van der Waals surface area (Å²) < 4.78 is 18.1. The van der Waals surface area contributed by atoms with Crippen LogP contribution < -0.4 is 10.5 Å². The number of benzene rings is 1. The Morgan fingerprint density at radius 1 is 1.50 bits per heavy atom. The molecule has 2 nitrogen and oxygen atoms in total. The molecule has 0 aliphatic heterocycles. The van der Waals surface area contributed by atoms with E-state index in [9.17, 15) is 4.39 Å². The fraction of sp³-hybridized carbons (Fsp3) is 0.333. The summed E-state index contributed by atoms with van der Waals surface area (Å²) in [6.07, 6.45) is -0.151. The summed E-state index contributed by atoms with van der Waals surface area (Å²) in [5.41, 5.74) is 5.32. The Morgan fingerprint density at radius 3 is 2.75 bits per heavy atom. The molecule has 1 aromatic carbocycles. The zero-order valence-electron chi connectivity index (χ0n) is 6.96. The van der Waals surface area contributed by atoms with Crippen molar-refractivity contribution in [2.45, 2.75) is 13.0 Å². The first-order valence-electron chi connectivity index (χ1n) is 3.85. The second-order valence-electron chi connectivity index (χ2n) is 2.59. The van der Waals surface area contributed by atoms with Crippen LogP contribution in [0.4, 0.5) is 4.39 Å². The molecule has 1 atom stereocenters. The molecule has 66 valence electrons. The zero-order chi connectivity index (χ0) is 8.97. The maximum Gasteiger partial charge on any atom is 0.165 e. The molecule has 0 bridgehead atoms. The topological polar surface area (TPSA) is 35.2 Å². The minimum Gasteiger partial charge on any atom is -0.486 e. The average Bonchev–Trinajstić information content (AvgIpc) is 2.09. The maximum atomic E-state index is 12.9. The molecular weight excluding hydrogens is 157 g/mol. The van der Waals surface area contributed by atoms with Crippen molar-refractivity contribution in [2.75, 3.05) is 6.54 Å². The van der Waals surface area contributed by atoms with Gasteiger partial charge in [-0.05, 0) is 19.1 Å². The van der Waals surface area contributed by atoms with Crippen LogP contribution in [0.3, 0.4) is 0 Å². The van der Waals surface area contributed by atoms with E-state index in [2.05, 4.69) is 0 Å². The van der Waals surface area contributed by atoms with Gasteiger partial charge in [-0.2, -0.15) is 0 Å². The first kappa shape index (κ1) is 9.00. The van der Waals surface area contributed by atoms with Crippen molar-refractivity contribution in [3.63, 3.8) is 0 Å². The molecule has 0 fully saturated rings. The minimum atomic E-state index is -0.349. The highest BCUT2D eigenvalue weighted by molar-refractivity contribution is 5.23. The molecule has 0 aromatic heterocycles. The van der Waals surface area contributed by atoms with Crippen LogP contribution in [0.25, 0.3) is 0 Å². The van der Waals surface area contributed by atoms with E-state index in [-0.39, 0.29) is 17.7 Å². The van der Waals surface area contributed by atoms with Gasteiger partial charge in [-0.3, -0.25) is 0 Å². The van der Waals surface area contributed by atoms with E-state index in [4.69, 9.17) is 10.5 Å². The molecule has 0 spiro atoms. The third-order valence-electron chi connectivity index (χ3n) is 1.50. The van der Waals surface area contributed by atoms with Gasteiger partial charge in [-0.1, -0.05) is 12.1 Å². The van der Waals surface area contributed by atoms with E-state index < -0.39 is 0 Å². The van der Waals surface area contributed by atoms with Crippen molar-refractivity contribution < 1.29 is 9.13 Å². The highest BCUT2D eigenvalue weighted by Gasteiger charge is 2.04. The largest absolute Gasteiger partial charge is 0.486 e. The molecule has 3 heteroatoms. The monoisotopic (exact) mass is 169 g/mol. The lowest BCUT2D eigenvalue weighted by molar-refractivity contribution is 0.219. The zero-order valence-corrected chi connectivity index (χ0v) is 6.96. The van der Waals surface area contributed by atoms with Crippen LogP contribution in [0.1, 0.15) is 6.92 Å². The molecule has 0 radical (unpaired) electrons. The standard InChI is InChI=1S/C9H12FNO/c1-7(6-11)12-9-5-3-2-4-8(9)10/h2-5,7H,6,11H2,1H3/t7-/m0/s1. The molecule has 0 aliphatic carbocycles. The number of rotatable bonds is 3. The van der Waals surface area contributed by atoms with Crippen LogP contribution in [0.5, 0.6) is 5.75 Å². The Labute approximate surface area is 71.1 Å². The van der Waals surface area contributed by atoms with Crippen LogP contribution in [0, 0.1) is 5.82 Å². The normalized spacial score (nSPS) is 12.6. The Morgan fingerprint density at radius 2 is 2.17 bits per heavy atom. The Kier molecular flexibility index (Phi) is 3.05. The maximum absolute atomic E-state index is 12.9. The molecule has 0 saturated carbocycles. The van der Waals surface area contributed by atoms with Crippen LogP contribution in [-0.2, 0) is 0 Å². The molecule has 0 heterocycles. The van der Waals surface area contributed by atoms with Gasteiger partial charge >= 0.3 is 0 Å². The van der Waals surface area contributed by atoms with E-state index >= 15 is 0 Å². The predicted octanol–water partition coefficient (Wildman–Crippen LogP) is 1.55. The van der Waals surface area contributed by atoms with Crippen LogP contribution in [0.2, 0.25) is 0 Å². The van der Waals surface area contributed by atoms with Crippen LogP contribution in [-0.4, -0.2) is 12.6 Å². The molecule has 1 rings (SSSR count). The summed E-state index contributed by atoms with van der Waals surface area (Å²) in [4.78, 5) is 0. The fourth-order valence-corrected chi connectivity index (χ4v) is 0.805. The number of ether oxygens (including phenoxy) is 1. The number of hydrogen-bond donors (Lipinski definition) is 1. The Balaban J connectivity index is 2.69. The number of nitrogens with two attached hydrogens (primary N) is 1. The summed E-state index contributed by atoms with van der Waals surface area (Å²) >= 11 is 0. The average molecular weight is 169 g/mol. The van der Waals surface area contributed by atoms with Crippen molar-refractivity contribution in [3.05, 3.63) is 30.1 Å². The number of para-hydroxylation sites is 1. The smallest absolute Gasteiger partial charge is 0.165 e. The van der Waals surface area contributed by atoms with Gasteiger partial charge in [0.15, 0.2) is 11.6 Å². The summed E-state index contributed by atoms with van der Waals surface area (Å²) in [5, 5.41) is 0. The second-order valence-corrected chi connectivity index (χ2v) is 2.59. The van der Waals surface area contributed by atoms with Gasteiger partial charge in [0.2, 0.25) is 0 Å². The molecule has 12 heavy (non-hydrogen) atoms. The van der Waals surface area contributed by atoms with Crippen molar-refractivity contribution in [3.8, 4) is 5.75 Å². The third-order valence-corrected chi connectivity index (χ3v) is 1.50. The van der Waals surface area contributed by atoms with Crippen molar-refractivity contribution >= 4 is 0 Å². The summed E-state index contributed by atoms with van der Waals surface area (Å²) in [7, 11) is 0. The Bertz CT molecular complexity index is 252. The molecular formula is C9H12FNO. The lowest BCUT2D eigenvalue weighted by atomic mass is 10.3. The van der Waals surface area contributed by atoms with E-state index in [0.717, 1.165) is 0 Å².